The van der Waals surface area contributed by atoms with Crippen molar-refractivity contribution in [3.05, 3.63) is 65.7 Å². The second-order valence-electron chi connectivity index (χ2n) is 5.19. The monoisotopic (exact) mass is 308 g/mol. The number of carbonyl (C=O) groups excluding carboxylic acids is 1. The Morgan fingerprint density at radius 2 is 1.83 bits per heavy atom. The smallest absolute Gasteiger partial charge is 0.260 e. The number of carbonyl (C=O) groups is 1. The summed E-state index contributed by atoms with van der Waals surface area (Å²) in [5, 5.41) is 8.86. The highest BCUT2D eigenvalue weighted by molar-refractivity contribution is 5.78. The minimum absolute atomic E-state index is 0.0124. The van der Waals surface area contributed by atoms with Crippen LogP contribution in [0.25, 0.3) is 0 Å². The maximum Gasteiger partial charge on any atom is 0.260 e. The highest BCUT2D eigenvalue weighted by Crippen LogP contribution is 2.21. The Morgan fingerprint density at radius 3 is 2.39 bits per heavy atom. The van der Waals surface area contributed by atoms with Crippen LogP contribution in [0.4, 0.5) is 0 Å². The third-order valence-corrected chi connectivity index (χ3v) is 3.76. The summed E-state index contributed by atoms with van der Waals surface area (Å²) < 4.78 is 5.54. The second-order valence-corrected chi connectivity index (χ2v) is 5.19. The molecular weight excluding hydrogens is 288 g/mol. The molecule has 0 aromatic heterocycles. The molecule has 0 radical (unpaired) electrons. The van der Waals surface area contributed by atoms with Crippen molar-refractivity contribution in [2.45, 2.75) is 19.9 Å². The van der Waals surface area contributed by atoms with Gasteiger partial charge in [0.25, 0.3) is 5.91 Å². The van der Waals surface area contributed by atoms with Crippen LogP contribution in [0.15, 0.2) is 54.6 Å². The van der Waals surface area contributed by atoms with Gasteiger partial charge >= 0.3 is 0 Å². The first-order valence-electron chi connectivity index (χ1n) is 7.63. The Morgan fingerprint density at radius 1 is 1.17 bits per heavy atom. The van der Waals surface area contributed by atoms with E-state index in [4.69, 9.17) is 10.00 Å². The van der Waals surface area contributed by atoms with E-state index in [2.05, 4.69) is 6.07 Å². The van der Waals surface area contributed by atoms with Crippen LogP contribution in [0.3, 0.4) is 0 Å². The van der Waals surface area contributed by atoms with E-state index >= 15 is 0 Å². The van der Waals surface area contributed by atoms with E-state index in [9.17, 15) is 4.79 Å². The molecule has 2 aromatic carbocycles. The van der Waals surface area contributed by atoms with Gasteiger partial charge in [0.2, 0.25) is 0 Å². The first-order valence-corrected chi connectivity index (χ1v) is 7.63. The summed E-state index contributed by atoms with van der Waals surface area (Å²) in [4.78, 5) is 14.2. The number of ether oxygens (including phenoxy) is 1. The molecule has 0 spiro atoms. The second kappa shape index (κ2) is 8.00. The van der Waals surface area contributed by atoms with Crippen molar-refractivity contribution in [1.29, 1.82) is 5.26 Å². The predicted octanol–water partition coefficient (Wildman–Crippen LogP) is 3.55. The summed E-state index contributed by atoms with van der Waals surface area (Å²) in [5.74, 6) is 0.621. The number of hydrogen-bond acceptors (Lipinski definition) is 3. The molecule has 0 N–H and O–H groups in total. The molecule has 1 atom stereocenters. The maximum atomic E-state index is 12.4. The zero-order valence-electron chi connectivity index (χ0n) is 13.4. The largest absolute Gasteiger partial charge is 0.484 e. The average molecular weight is 308 g/mol. The standard InChI is InChI=1S/C19H20N2O2/c1-3-21(15(2)17-11-9-16(13-20)10-12-17)19(22)14-23-18-7-5-4-6-8-18/h4-12,15H,3,14H2,1-2H3. The molecule has 0 fully saturated rings. The van der Waals surface area contributed by atoms with Gasteiger partial charge in [-0.2, -0.15) is 5.26 Å². The summed E-state index contributed by atoms with van der Waals surface area (Å²) in [6.07, 6.45) is 0. The fourth-order valence-corrected chi connectivity index (χ4v) is 2.43. The topological polar surface area (TPSA) is 53.3 Å². The molecule has 1 unspecified atom stereocenters. The van der Waals surface area contributed by atoms with Crippen LogP contribution < -0.4 is 4.74 Å². The summed E-state index contributed by atoms with van der Waals surface area (Å²) in [7, 11) is 0. The molecular formula is C19H20N2O2. The predicted molar refractivity (Wildman–Crippen MR) is 88.9 cm³/mol. The van der Waals surface area contributed by atoms with Gasteiger partial charge in [0.15, 0.2) is 6.61 Å². The lowest BCUT2D eigenvalue weighted by Gasteiger charge is -2.28. The van der Waals surface area contributed by atoms with Gasteiger partial charge in [-0.15, -0.1) is 0 Å². The third kappa shape index (κ3) is 4.33. The zero-order valence-corrected chi connectivity index (χ0v) is 13.4. The van der Waals surface area contributed by atoms with Crippen LogP contribution >= 0.6 is 0 Å². The quantitative estimate of drug-likeness (QED) is 0.820. The molecule has 118 valence electrons. The van der Waals surface area contributed by atoms with E-state index in [1.165, 1.54) is 0 Å². The summed E-state index contributed by atoms with van der Waals surface area (Å²) in [6.45, 7) is 4.53. The highest BCUT2D eigenvalue weighted by atomic mass is 16.5. The van der Waals surface area contributed by atoms with Crippen molar-refractivity contribution in [1.82, 2.24) is 4.90 Å². The third-order valence-electron chi connectivity index (χ3n) is 3.76. The lowest BCUT2D eigenvalue weighted by Crippen LogP contribution is -2.36. The van der Waals surface area contributed by atoms with Gasteiger partial charge in [0.05, 0.1) is 17.7 Å². The lowest BCUT2D eigenvalue weighted by atomic mass is 10.0. The van der Waals surface area contributed by atoms with Crippen LogP contribution in [0, 0.1) is 11.3 Å². The van der Waals surface area contributed by atoms with Gasteiger partial charge in [-0.25, -0.2) is 0 Å². The molecule has 0 aliphatic rings. The molecule has 0 saturated carbocycles. The van der Waals surface area contributed by atoms with Crippen molar-refractivity contribution in [2.75, 3.05) is 13.2 Å². The van der Waals surface area contributed by atoms with Gasteiger partial charge in [-0.3, -0.25) is 4.79 Å². The van der Waals surface area contributed by atoms with Crippen LogP contribution in [0.2, 0.25) is 0 Å². The molecule has 2 aromatic rings. The molecule has 2 rings (SSSR count). The van der Waals surface area contributed by atoms with Crippen LogP contribution in [-0.4, -0.2) is 24.0 Å². The van der Waals surface area contributed by atoms with Gasteiger partial charge in [0.1, 0.15) is 5.75 Å². The first-order chi connectivity index (χ1) is 11.2. The molecule has 4 nitrogen and oxygen atoms in total. The van der Waals surface area contributed by atoms with E-state index in [0.717, 1.165) is 5.56 Å². The lowest BCUT2D eigenvalue weighted by molar-refractivity contribution is -0.135. The van der Waals surface area contributed by atoms with E-state index in [-0.39, 0.29) is 18.6 Å². The van der Waals surface area contributed by atoms with E-state index in [0.29, 0.717) is 17.9 Å². The summed E-state index contributed by atoms with van der Waals surface area (Å²) in [5.41, 5.74) is 1.61. The maximum absolute atomic E-state index is 12.4. The molecule has 0 saturated heterocycles. The molecule has 23 heavy (non-hydrogen) atoms. The van der Waals surface area contributed by atoms with E-state index < -0.39 is 0 Å². The SMILES string of the molecule is CCN(C(=O)COc1ccccc1)C(C)c1ccc(C#N)cc1. The molecule has 0 aliphatic heterocycles. The van der Waals surface area contributed by atoms with Crippen molar-refractivity contribution in [2.24, 2.45) is 0 Å². The Balaban J connectivity index is 2.02. The van der Waals surface area contributed by atoms with Crippen LogP contribution in [0.1, 0.15) is 31.0 Å². The molecule has 0 bridgehead atoms. The average Bonchev–Trinajstić information content (AvgIpc) is 2.61. The molecule has 0 aliphatic carbocycles. The number of likely N-dealkylation sites (N-methyl/N-ethyl adjacent to an activating group) is 1. The number of amides is 1. The number of para-hydroxylation sites is 1. The highest BCUT2D eigenvalue weighted by Gasteiger charge is 2.20. The molecule has 0 heterocycles. The van der Waals surface area contributed by atoms with Crippen LogP contribution in [0.5, 0.6) is 5.75 Å². The fourth-order valence-electron chi connectivity index (χ4n) is 2.43. The van der Waals surface area contributed by atoms with Gasteiger partial charge in [-0.1, -0.05) is 30.3 Å². The minimum Gasteiger partial charge on any atom is -0.484 e. The minimum atomic E-state index is -0.0698. The Hall–Kier alpha value is -2.80. The van der Waals surface area contributed by atoms with Gasteiger partial charge in [0, 0.05) is 6.54 Å². The zero-order chi connectivity index (χ0) is 16.7. The molecule has 4 heteroatoms. The number of hydrogen-bond donors (Lipinski definition) is 0. The van der Waals surface area contributed by atoms with Crippen molar-refractivity contribution in [3.8, 4) is 11.8 Å². The summed E-state index contributed by atoms with van der Waals surface area (Å²) >= 11 is 0. The Bertz CT molecular complexity index is 675. The van der Waals surface area contributed by atoms with Crippen molar-refractivity contribution >= 4 is 5.91 Å². The number of nitriles is 1. The summed E-state index contributed by atoms with van der Waals surface area (Å²) in [6, 6.07) is 18.6. The van der Waals surface area contributed by atoms with Crippen molar-refractivity contribution < 1.29 is 9.53 Å². The number of benzene rings is 2. The Labute approximate surface area is 136 Å². The number of rotatable bonds is 6. The van der Waals surface area contributed by atoms with Crippen molar-refractivity contribution in [3.63, 3.8) is 0 Å². The normalized spacial score (nSPS) is 11.3. The number of nitrogens with zero attached hydrogens (tertiary/aromatic N) is 2. The van der Waals surface area contributed by atoms with Crippen LogP contribution in [-0.2, 0) is 4.79 Å². The first kappa shape index (κ1) is 16.6. The van der Waals surface area contributed by atoms with E-state index in [1.807, 2.05) is 56.3 Å². The van der Waals surface area contributed by atoms with Gasteiger partial charge < -0.3 is 9.64 Å². The Kier molecular flexibility index (Phi) is 5.76. The van der Waals surface area contributed by atoms with E-state index in [1.54, 1.807) is 17.0 Å². The molecule has 1 amide bonds. The van der Waals surface area contributed by atoms with Gasteiger partial charge in [-0.05, 0) is 43.7 Å². The fraction of sp³-hybridized carbons (Fsp3) is 0.263.